The highest BCUT2D eigenvalue weighted by atomic mass is 19.1. The van der Waals surface area contributed by atoms with Crippen molar-refractivity contribution in [3.05, 3.63) is 59.8 Å². The summed E-state index contributed by atoms with van der Waals surface area (Å²) in [5.74, 6) is -0.935. The first kappa shape index (κ1) is 19.3. The third kappa shape index (κ3) is 5.26. The van der Waals surface area contributed by atoms with E-state index in [2.05, 4.69) is 4.90 Å². The van der Waals surface area contributed by atoms with Crippen LogP contribution in [0.25, 0.3) is 0 Å². The molecule has 0 saturated carbocycles. The Morgan fingerprint density at radius 3 is 2.74 bits per heavy atom. The third-order valence-corrected chi connectivity index (χ3v) is 5.05. The predicted molar refractivity (Wildman–Crippen MR) is 99.9 cm³/mol. The highest BCUT2D eigenvalue weighted by Crippen LogP contribution is 2.18. The molecule has 1 saturated heterocycles. The van der Waals surface area contributed by atoms with E-state index in [4.69, 9.17) is 4.42 Å². The molecule has 2 aromatic rings. The molecule has 0 bridgehead atoms. The summed E-state index contributed by atoms with van der Waals surface area (Å²) in [6, 6.07) is 9.73. The van der Waals surface area contributed by atoms with Crippen LogP contribution in [0.4, 0.5) is 4.39 Å². The lowest BCUT2D eigenvalue weighted by atomic mass is 9.97. The van der Waals surface area contributed by atoms with Crippen LogP contribution in [0.2, 0.25) is 0 Å². The largest absolute Gasteiger partial charge is 0.461 e. The fourth-order valence-corrected chi connectivity index (χ4v) is 3.60. The minimum Gasteiger partial charge on any atom is -0.461 e. The number of hydrogen-bond acceptors (Lipinski definition) is 4. The molecule has 1 amide bonds. The maximum Gasteiger partial charge on any atom is 0.298 e. The molecular formula is C21H25FN2O3. The molecule has 1 atom stereocenters. The van der Waals surface area contributed by atoms with E-state index in [1.807, 2.05) is 12.1 Å². The molecule has 2 heterocycles. The number of carbonyl (C=O) groups excluding carboxylic acids is 2. The first-order valence-corrected chi connectivity index (χ1v) is 9.33. The molecule has 144 valence electrons. The number of rotatable bonds is 7. The Labute approximate surface area is 158 Å². The fraction of sp³-hybridized carbons (Fsp3) is 0.429. The summed E-state index contributed by atoms with van der Waals surface area (Å²) in [5, 5.41) is 0. The second-order valence-corrected chi connectivity index (χ2v) is 7.18. The standard InChI is InChI=1S/C21H25FN2O3/c1-23(21(26)20(25)19-5-3-13-27-19)14-17-4-2-11-24(15-17)12-10-16-6-8-18(22)9-7-16/h3,5-9,13,17H,2,4,10-12,14-15H2,1H3. The molecule has 0 spiro atoms. The van der Waals surface area contributed by atoms with E-state index in [-0.39, 0.29) is 11.6 Å². The van der Waals surface area contributed by atoms with Crippen LogP contribution in [0.5, 0.6) is 0 Å². The van der Waals surface area contributed by atoms with Crippen LogP contribution >= 0.6 is 0 Å². The average molecular weight is 372 g/mol. The quantitative estimate of drug-likeness (QED) is 0.554. The Morgan fingerprint density at radius 2 is 2.04 bits per heavy atom. The van der Waals surface area contributed by atoms with E-state index in [1.165, 1.54) is 29.4 Å². The van der Waals surface area contributed by atoms with Crippen molar-refractivity contribution in [2.24, 2.45) is 5.92 Å². The second-order valence-electron chi connectivity index (χ2n) is 7.18. The number of amides is 1. The van der Waals surface area contributed by atoms with Gasteiger partial charge in [0.15, 0.2) is 5.76 Å². The Bertz CT molecular complexity index is 758. The van der Waals surface area contributed by atoms with Crippen LogP contribution < -0.4 is 0 Å². The van der Waals surface area contributed by atoms with Gasteiger partial charge in [-0.3, -0.25) is 9.59 Å². The van der Waals surface area contributed by atoms with E-state index in [0.717, 1.165) is 44.5 Å². The zero-order valence-electron chi connectivity index (χ0n) is 15.6. The number of likely N-dealkylation sites (tertiary alicyclic amines) is 1. The van der Waals surface area contributed by atoms with Crippen molar-refractivity contribution in [1.82, 2.24) is 9.80 Å². The lowest BCUT2D eigenvalue weighted by Crippen LogP contribution is -2.43. The lowest BCUT2D eigenvalue weighted by Gasteiger charge is -2.34. The molecule has 1 aromatic carbocycles. The molecule has 1 aromatic heterocycles. The molecule has 1 aliphatic heterocycles. The van der Waals surface area contributed by atoms with Gasteiger partial charge in [-0.1, -0.05) is 12.1 Å². The van der Waals surface area contributed by atoms with Gasteiger partial charge in [-0.05, 0) is 61.6 Å². The van der Waals surface area contributed by atoms with Crippen LogP contribution in [0, 0.1) is 11.7 Å². The summed E-state index contributed by atoms with van der Waals surface area (Å²) < 4.78 is 18.0. The van der Waals surface area contributed by atoms with Gasteiger partial charge in [-0.25, -0.2) is 4.39 Å². The third-order valence-electron chi connectivity index (χ3n) is 5.05. The van der Waals surface area contributed by atoms with E-state index < -0.39 is 11.7 Å². The molecule has 1 aliphatic rings. The van der Waals surface area contributed by atoms with Crippen molar-refractivity contribution in [2.45, 2.75) is 19.3 Å². The van der Waals surface area contributed by atoms with Crippen LogP contribution in [0.1, 0.15) is 29.0 Å². The van der Waals surface area contributed by atoms with E-state index in [9.17, 15) is 14.0 Å². The molecule has 5 nitrogen and oxygen atoms in total. The molecule has 0 N–H and O–H groups in total. The van der Waals surface area contributed by atoms with E-state index >= 15 is 0 Å². The number of likely N-dealkylation sites (N-methyl/N-ethyl adjacent to an activating group) is 1. The number of nitrogens with zero attached hydrogens (tertiary/aromatic N) is 2. The molecule has 27 heavy (non-hydrogen) atoms. The maximum atomic E-state index is 13.0. The number of piperidine rings is 1. The molecule has 1 unspecified atom stereocenters. The van der Waals surface area contributed by atoms with E-state index in [0.29, 0.717) is 12.5 Å². The highest BCUT2D eigenvalue weighted by Gasteiger charge is 2.27. The van der Waals surface area contributed by atoms with Crippen LogP contribution in [0.3, 0.4) is 0 Å². The summed E-state index contributed by atoms with van der Waals surface area (Å²) in [6.45, 7) is 3.39. The number of hydrogen-bond donors (Lipinski definition) is 0. The number of halogens is 1. The first-order chi connectivity index (χ1) is 13.0. The van der Waals surface area contributed by atoms with Crippen molar-refractivity contribution in [3.8, 4) is 0 Å². The summed E-state index contributed by atoms with van der Waals surface area (Å²) >= 11 is 0. The second kappa shape index (κ2) is 8.95. The summed E-state index contributed by atoms with van der Waals surface area (Å²) in [7, 11) is 1.67. The Hall–Kier alpha value is -2.47. The van der Waals surface area contributed by atoms with Gasteiger partial charge in [-0.2, -0.15) is 0 Å². The number of ketones is 1. The van der Waals surface area contributed by atoms with Crippen molar-refractivity contribution in [3.63, 3.8) is 0 Å². The zero-order valence-corrected chi connectivity index (χ0v) is 15.6. The lowest BCUT2D eigenvalue weighted by molar-refractivity contribution is -0.126. The van der Waals surface area contributed by atoms with Crippen LogP contribution in [-0.4, -0.2) is 54.7 Å². The van der Waals surface area contributed by atoms with Gasteiger partial charge in [-0.15, -0.1) is 0 Å². The smallest absolute Gasteiger partial charge is 0.298 e. The van der Waals surface area contributed by atoms with Crippen LogP contribution in [-0.2, 0) is 11.2 Å². The van der Waals surface area contributed by atoms with Crippen LogP contribution in [0.15, 0.2) is 47.1 Å². The normalized spacial score (nSPS) is 17.6. The molecule has 3 rings (SSSR count). The SMILES string of the molecule is CN(CC1CCCN(CCc2ccc(F)cc2)C1)C(=O)C(=O)c1ccco1. The molecule has 0 aliphatic carbocycles. The van der Waals surface area contributed by atoms with Crippen molar-refractivity contribution in [1.29, 1.82) is 0 Å². The first-order valence-electron chi connectivity index (χ1n) is 9.33. The number of benzene rings is 1. The monoisotopic (exact) mass is 372 g/mol. The minimum atomic E-state index is -0.605. The van der Waals surface area contributed by atoms with Gasteiger partial charge in [0, 0.05) is 26.7 Å². The predicted octanol–water partition coefficient (Wildman–Crippen LogP) is 3.01. The minimum absolute atomic E-state index is 0.0800. The zero-order chi connectivity index (χ0) is 19.2. The van der Waals surface area contributed by atoms with Gasteiger partial charge in [0.1, 0.15) is 5.82 Å². The topological polar surface area (TPSA) is 53.8 Å². The Morgan fingerprint density at radius 1 is 1.26 bits per heavy atom. The van der Waals surface area contributed by atoms with Crippen molar-refractivity contribution < 1.29 is 18.4 Å². The van der Waals surface area contributed by atoms with Gasteiger partial charge < -0.3 is 14.2 Å². The molecule has 6 heteroatoms. The summed E-state index contributed by atoms with van der Waals surface area (Å²) in [6.07, 6.45) is 4.38. The summed E-state index contributed by atoms with van der Waals surface area (Å²) in [5.41, 5.74) is 1.12. The molecule has 0 radical (unpaired) electrons. The van der Waals surface area contributed by atoms with Gasteiger partial charge >= 0.3 is 0 Å². The van der Waals surface area contributed by atoms with E-state index in [1.54, 1.807) is 13.1 Å². The average Bonchev–Trinajstić information content (AvgIpc) is 3.21. The van der Waals surface area contributed by atoms with Gasteiger partial charge in [0.25, 0.3) is 11.7 Å². The molecule has 1 fully saturated rings. The van der Waals surface area contributed by atoms with Crippen molar-refractivity contribution in [2.75, 3.05) is 33.2 Å². The van der Waals surface area contributed by atoms with Crippen molar-refractivity contribution >= 4 is 11.7 Å². The Kier molecular flexibility index (Phi) is 6.40. The highest BCUT2D eigenvalue weighted by molar-refractivity contribution is 6.41. The number of carbonyl (C=O) groups is 2. The summed E-state index contributed by atoms with van der Waals surface area (Å²) in [4.78, 5) is 28.3. The number of Topliss-reactive ketones (excluding diaryl/α,β-unsaturated/α-hetero) is 1. The number of furan rings is 1. The maximum absolute atomic E-state index is 13.0. The van der Waals surface area contributed by atoms with Gasteiger partial charge in [0.2, 0.25) is 0 Å². The Balaban J connectivity index is 1.48. The fourth-order valence-electron chi connectivity index (χ4n) is 3.60. The molecular weight excluding hydrogens is 347 g/mol. The van der Waals surface area contributed by atoms with Gasteiger partial charge in [0.05, 0.1) is 6.26 Å².